The number of nitrogens with zero attached hydrogens (tertiary/aromatic N) is 4. The first-order valence-corrected chi connectivity index (χ1v) is 11.8. The van der Waals surface area contributed by atoms with Crippen LogP contribution < -0.4 is 0 Å². The van der Waals surface area contributed by atoms with Crippen molar-refractivity contribution in [3.63, 3.8) is 0 Å². The molecule has 2 fully saturated rings. The van der Waals surface area contributed by atoms with Gasteiger partial charge in [-0.15, -0.1) is 0 Å². The van der Waals surface area contributed by atoms with Crippen molar-refractivity contribution in [1.29, 1.82) is 0 Å². The van der Waals surface area contributed by atoms with Crippen LogP contribution in [-0.4, -0.2) is 75.8 Å². The Kier molecular flexibility index (Phi) is 6.52. The number of rotatable bonds is 7. The average molecular weight is 477 g/mol. The van der Waals surface area contributed by atoms with Crippen LogP contribution in [0.2, 0.25) is 0 Å². The molecular formula is C26H28N4O5. The Bertz CT molecular complexity index is 1230. The Labute approximate surface area is 203 Å². The van der Waals surface area contributed by atoms with Gasteiger partial charge in [0.1, 0.15) is 17.6 Å². The maximum Gasteiger partial charge on any atom is 0.295 e. The summed E-state index contributed by atoms with van der Waals surface area (Å²) < 4.78 is 12.7. The summed E-state index contributed by atoms with van der Waals surface area (Å²) in [7, 11) is 0. The van der Waals surface area contributed by atoms with Crippen LogP contribution in [0.4, 0.5) is 0 Å². The molecule has 35 heavy (non-hydrogen) atoms. The number of ketones is 1. The van der Waals surface area contributed by atoms with E-state index in [4.69, 9.17) is 9.15 Å². The van der Waals surface area contributed by atoms with Gasteiger partial charge in [0.15, 0.2) is 0 Å². The van der Waals surface area contributed by atoms with Crippen LogP contribution in [0.5, 0.6) is 0 Å². The number of Topliss-reactive ketones (excluding diaryl/α,β-unsaturated/α-hetero) is 1. The number of ether oxygens (including phenoxy) is 1. The largest absolute Gasteiger partial charge is 0.507 e. The number of para-hydroxylation sites is 1. The van der Waals surface area contributed by atoms with Gasteiger partial charge >= 0.3 is 0 Å². The van der Waals surface area contributed by atoms with Crippen LogP contribution in [0.15, 0.2) is 64.9 Å². The average Bonchev–Trinajstić information content (AvgIpc) is 3.60. The smallest absolute Gasteiger partial charge is 0.295 e. The van der Waals surface area contributed by atoms with E-state index in [2.05, 4.69) is 10.00 Å². The van der Waals surface area contributed by atoms with Gasteiger partial charge in [-0.3, -0.25) is 14.5 Å². The number of hydrogen-bond donors (Lipinski definition) is 1. The lowest BCUT2D eigenvalue weighted by Crippen LogP contribution is -2.38. The fraction of sp³-hybridized carbons (Fsp3) is 0.346. The Balaban J connectivity index is 1.47. The molecule has 2 aliphatic rings. The van der Waals surface area contributed by atoms with Crippen LogP contribution in [-0.2, 0) is 14.3 Å². The van der Waals surface area contributed by atoms with E-state index in [9.17, 15) is 14.7 Å². The maximum atomic E-state index is 13.2. The van der Waals surface area contributed by atoms with Gasteiger partial charge in [-0.05, 0) is 37.6 Å². The van der Waals surface area contributed by atoms with Crippen LogP contribution in [0.25, 0.3) is 11.4 Å². The molecule has 0 saturated carbocycles. The Morgan fingerprint density at radius 3 is 2.57 bits per heavy atom. The van der Waals surface area contributed by atoms with Crippen molar-refractivity contribution in [2.75, 3.05) is 39.4 Å². The number of morpholine rings is 1. The van der Waals surface area contributed by atoms with Crippen molar-refractivity contribution in [1.82, 2.24) is 19.6 Å². The Morgan fingerprint density at radius 1 is 1.09 bits per heavy atom. The SMILES string of the molecule is Cc1c(C(O)=C2C(=O)C(=O)N(CCCN3CCOCC3)C2c2ccco2)cnn1-c1ccccc1. The van der Waals surface area contributed by atoms with E-state index >= 15 is 0 Å². The van der Waals surface area contributed by atoms with Crippen LogP contribution >= 0.6 is 0 Å². The molecule has 2 aliphatic heterocycles. The van der Waals surface area contributed by atoms with Crippen LogP contribution in [0.3, 0.4) is 0 Å². The molecule has 1 aromatic carbocycles. The first-order valence-electron chi connectivity index (χ1n) is 11.8. The summed E-state index contributed by atoms with van der Waals surface area (Å²) in [4.78, 5) is 30.1. The monoisotopic (exact) mass is 476 g/mol. The zero-order valence-electron chi connectivity index (χ0n) is 19.6. The van der Waals surface area contributed by atoms with Crippen LogP contribution in [0.1, 0.15) is 29.5 Å². The summed E-state index contributed by atoms with van der Waals surface area (Å²) in [6.07, 6.45) is 3.71. The summed E-state index contributed by atoms with van der Waals surface area (Å²) in [6, 6.07) is 12.1. The predicted molar refractivity (Wildman–Crippen MR) is 128 cm³/mol. The topological polar surface area (TPSA) is 101 Å². The minimum atomic E-state index is -0.797. The first kappa shape index (κ1) is 23.1. The molecule has 182 valence electrons. The fourth-order valence-corrected chi connectivity index (χ4v) is 4.76. The fourth-order valence-electron chi connectivity index (χ4n) is 4.76. The summed E-state index contributed by atoms with van der Waals surface area (Å²) in [5.41, 5.74) is 1.91. The summed E-state index contributed by atoms with van der Waals surface area (Å²) in [5.74, 6) is -1.17. The molecule has 9 heteroatoms. The van der Waals surface area contributed by atoms with E-state index in [1.807, 2.05) is 37.3 Å². The number of likely N-dealkylation sites (tertiary alicyclic amines) is 1. The van der Waals surface area contributed by atoms with Gasteiger partial charge in [0.2, 0.25) is 0 Å². The van der Waals surface area contributed by atoms with Gasteiger partial charge in [-0.1, -0.05) is 18.2 Å². The number of carbonyl (C=O) groups excluding carboxylic acids is 2. The normalized spacial score (nSPS) is 20.6. The van der Waals surface area contributed by atoms with E-state index in [1.54, 1.807) is 16.8 Å². The highest BCUT2D eigenvalue weighted by atomic mass is 16.5. The molecule has 5 rings (SSSR count). The molecule has 9 nitrogen and oxygen atoms in total. The van der Waals surface area contributed by atoms with E-state index in [0.717, 1.165) is 25.3 Å². The molecule has 0 spiro atoms. The van der Waals surface area contributed by atoms with Gasteiger partial charge in [-0.25, -0.2) is 4.68 Å². The highest BCUT2D eigenvalue weighted by Gasteiger charge is 2.47. The third kappa shape index (κ3) is 4.40. The van der Waals surface area contributed by atoms with Crippen molar-refractivity contribution in [3.05, 3.63) is 77.5 Å². The number of aliphatic hydroxyl groups is 1. The quantitative estimate of drug-likeness (QED) is 0.318. The molecule has 0 aliphatic carbocycles. The van der Waals surface area contributed by atoms with Gasteiger partial charge in [0.25, 0.3) is 11.7 Å². The van der Waals surface area contributed by atoms with Crippen molar-refractivity contribution >= 4 is 17.4 Å². The van der Waals surface area contributed by atoms with Crippen molar-refractivity contribution in [2.24, 2.45) is 0 Å². The second kappa shape index (κ2) is 9.89. The summed E-state index contributed by atoms with van der Waals surface area (Å²) in [6.45, 7) is 6.08. The van der Waals surface area contributed by atoms with Crippen molar-refractivity contribution < 1.29 is 23.8 Å². The molecule has 4 heterocycles. The minimum Gasteiger partial charge on any atom is -0.507 e. The van der Waals surface area contributed by atoms with Crippen LogP contribution in [0, 0.1) is 6.92 Å². The van der Waals surface area contributed by atoms with E-state index in [1.165, 1.54) is 17.4 Å². The molecule has 1 unspecified atom stereocenters. The number of benzene rings is 1. The number of furan rings is 1. The molecule has 1 atom stereocenters. The minimum absolute atomic E-state index is 0.0204. The third-order valence-corrected chi connectivity index (χ3v) is 6.60. The summed E-state index contributed by atoms with van der Waals surface area (Å²) >= 11 is 0. The molecule has 2 saturated heterocycles. The Morgan fingerprint density at radius 2 is 1.86 bits per heavy atom. The van der Waals surface area contributed by atoms with Crippen molar-refractivity contribution in [2.45, 2.75) is 19.4 Å². The molecule has 2 aromatic heterocycles. The Hall–Kier alpha value is -3.69. The number of amides is 1. The van der Waals surface area contributed by atoms with Gasteiger partial charge in [0, 0.05) is 26.2 Å². The zero-order valence-corrected chi connectivity index (χ0v) is 19.6. The lowest BCUT2D eigenvalue weighted by atomic mass is 9.99. The van der Waals surface area contributed by atoms with E-state index < -0.39 is 17.7 Å². The second-order valence-corrected chi connectivity index (χ2v) is 8.71. The van der Waals surface area contributed by atoms with Gasteiger partial charge in [0.05, 0.1) is 48.2 Å². The van der Waals surface area contributed by atoms with E-state index in [-0.39, 0.29) is 11.3 Å². The molecular weight excluding hydrogens is 448 g/mol. The second-order valence-electron chi connectivity index (χ2n) is 8.71. The summed E-state index contributed by atoms with van der Waals surface area (Å²) in [5, 5.41) is 15.7. The van der Waals surface area contributed by atoms with Crippen molar-refractivity contribution in [3.8, 4) is 5.69 Å². The third-order valence-electron chi connectivity index (χ3n) is 6.60. The highest BCUT2D eigenvalue weighted by Crippen LogP contribution is 2.40. The molecule has 3 aromatic rings. The molecule has 1 N–H and O–H groups in total. The predicted octanol–water partition coefficient (Wildman–Crippen LogP) is 2.92. The maximum absolute atomic E-state index is 13.2. The lowest BCUT2D eigenvalue weighted by Gasteiger charge is -2.28. The number of aliphatic hydroxyl groups excluding tert-OH is 1. The zero-order chi connectivity index (χ0) is 24.4. The number of carbonyl (C=O) groups is 2. The standard InChI is InChI=1S/C26H28N4O5/c1-18-20(17-27-30(18)19-7-3-2-4-8-19)24(31)22-23(21-9-5-14-35-21)29(26(33)25(22)32)11-6-10-28-12-15-34-16-13-28/h2-5,7-9,14,17,23,31H,6,10-13,15-16H2,1H3. The first-order chi connectivity index (χ1) is 17.1. The van der Waals surface area contributed by atoms with Gasteiger partial charge in [-0.2, -0.15) is 5.10 Å². The van der Waals surface area contributed by atoms with Gasteiger partial charge < -0.3 is 19.2 Å². The molecule has 0 bridgehead atoms. The molecule has 0 radical (unpaired) electrons. The van der Waals surface area contributed by atoms with E-state index in [0.29, 0.717) is 43.2 Å². The highest BCUT2D eigenvalue weighted by molar-refractivity contribution is 6.46. The number of hydrogen-bond acceptors (Lipinski definition) is 7. The molecule has 1 amide bonds. The number of aromatic nitrogens is 2. The lowest BCUT2D eigenvalue weighted by molar-refractivity contribution is -0.140.